The molecule has 0 bridgehead atoms. The number of benzene rings is 2. The first-order chi connectivity index (χ1) is 17.4. The zero-order valence-electron chi connectivity index (χ0n) is 22.6. The molecule has 0 aliphatic rings. The van der Waals surface area contributed by atoms with Crippen LogP contribution in [0, 0.1) is 19.3 Å². The normalized spacial score (nSPS) is 12.4. The predicted molar refractivity (Wildman–Crippen MR) is 143 cm³/mol. The van der Waals surface area contributed by atoms with Crippen LogP contribution in [0.25, 0.3) is 11.0 Å². The number of amides is 1. The number of nitrogens with one attached hydrogen (secondary N) is 1. The van der Waals surface area contributed by atoms with Gasteiger partial charge in [-0.2, -0.15) is 0 Å². The summed E-state index contributed by atoms with van der Waals surface area (Å²) in [4.78, 5) is 35.3. The maximum Gasteiger partial charge on any atom is 0.322 e. The van der Waals surface area contributed by atoms with Crippen LogP contribution in [0.4, 0.5) is 0 Å². The lowest BCUT2D eigenvalue weighted by molar-refractivity contribution is -0.135. The van der Waals surface area contributed by atoms with E-state index in [-0.39, 0.29) is 18.2 Å². The number of carboxylic acid groups (broad SMARTS) is 1. The largest absolute Gasteiger partial charge is 0.486 e. The summed E-state index contributed by atoms with van der Waals surface area (Å²) in [6, 6.07) is 12.1. The summed E-state index contributed by atoms with van der Waals surface area (Å²) >= 11 is 0. The summed E-state index contributed by atoms with van der Waals surface area (Å²) in [7, 11) is 0. The topological polar surface area (TPSA) is 106 Å². The molecule has 1 unspecified atom stereocenters. The first kappa shape index (κ1) is 28.0. The fraction of sp³-hybridized carbons (Fsp3) is 0.433. The van der Waals surface area contributed by atoms with Crippen molar-refractivity contribution in [2.75, 3.05) is 13.2 Å². The molecule has 1 heterocycles. The molecule has 7 heteroatoms. The summed E-state index contributed by atoms with van der Waals surface area (Å²) in [5, 5.41) is 12.0. The molecule has 0 saturated heterocycles. The number of aliphatic carboxylic acids is 1. The number of ether oxygens (including phenoxy) is 1. The van der Waals surface area contributed by atoms with Gasteiger partial charge in [-0.25, -0.2) is 0 Å². The van der Waals surface area contributed by atoms with Crippen LogP contribution in [0.5, 0.6) is 5.75 Å². The number of ketones is 1. The highest BCUT2D eigenvalue weighted by molar-refractivity contribution is 6.00. The van der Waals surface area contributed by atoms with Crippen molar-refractivity contribution in [3.05, 3.63) is 64.4 Å². The molecular weight excluding hydrogens is 470 g/mol. The number of furan rings is 1. The van der Waals surface area contributed by atoms with E-state index in [1.54, 1.807) is 0 Å². The Morgan fingerprint density at radius 2 is 1.81 bits per heavy atom. The number of rotatable bonds is 11. The van der Waals surface area contributed by atoms with E-state index >= 15 is 0 Å². The Bertz CT molecular complexity index is 1300. The highest BCUT2D eigenvalue weighted by Gasteiger charge is 2.22. The quantitative estimate of drug-likeness (QED) is 0.330. The molecule has 1 atom stereocenters. The second kappa shape index (κ2) is 11.6. The molecule has 0 aliphatic carbocycles. The Balaban J connectivity index is 1.68. The number of carboxylic acids is 1. The standard InChI is InChI=1S/C30H37NO6/c1-7-21(22-11-13-24(18(2)14-22)36-17-26(32)30(4,5)6)10-8-20-9-12-25-23(15-20)19(3)28(37-25)29(35)31-16-27(33)34/h9,11-15,21H,7-8,10,16-17H2,1-6H3,(H,31,35)(H,33,34). The van der Waals surface area contributed by atoms with Crippen LogP contribution in [0.15, 0.2) is 40.8 Å². The summed E-state index contributed by atoms with van der Waals surface area (Å²) in [5.41, 5.74) is 4.28. The molecule has 2 N–H and O–H groups in total. The van der Waals surface area contributed by atoms with Gasteiger partial charge in [0.1, 0.15) is 24.5 Å². The van der Waals surface area contributed by atoms with Crippen LogP contribution in [-0.4, -0.2) is 35.9 Å². The molecule has 7 nitrogen and oxygen atoms in total. The number of hydrogen-bond acceptors (Lipinski definition) is 5. The lowest BCUT2D eigenvalue weighted by Gasteiger charge is -2.19. The van der Waals surface area contributed by atoms with E-state index < -0.39 is 23.8 Å². The molecule has 3 rings (SSSR count). The van der Waals surface area contributed by atoms with E-state index in [2.05, 4.69) is 24.4 Å². The van der Waals surface area contributed by atoms with Crippen LogP contribution < -0.4 is 10.1 Å². The Morgan fingerprint density at radius 1 is 1.08 bits per heavy atom. The van der Waals surface area contributed by atoms with E-state index in [1.807, 2.05) is 58.9 Å². The van der Waals surface area contributed by atoms with Crippen molar-refractivity contribution in [1.82, 2.24) is 5.32 Å². The molecule has 198 valence electrons. The molecular formula is C30H37NO6. The van der Waals surface area contributed by atoms with Crippen molar-refractivity contribution >= 4 is 28.6 Å². The van der Waals surface area contributed by atoms with Crippen molar-refractivity contribution < 1.29 is 28.6 Å². The average Bonchev–Trinajstić information content (AvgIpc) is 3.17. The van der Waals surface area contributed by atoms with E-state index in [9.17, 15) is 14.4 Å². The number of carbonyl (C=O) groups excluding carboxylic acids is 2. The number of carbonyl (C=O) groups is 3. The maximum absolute atomic E-state index is 12.3. The van der Waals surface area contributed by atoms with Gasteiger partial charge >= 0.3 is 5.97 Å². The number of Topliss-reactive ketones (excluding diaryl/α,β-unsaturated/α-hetero) is 1. The highest BCUT2D eigenvalue weighted by Crippen LogP contribution is 2.31. The Hall–Kier alpha value is -3.61. The summed E-state index contributed by atoms with van der Waals surface area (Å²) in [6.07, 6.45) is 2.80. The molecule has 1 aromatic heterocycles. The van der Waals surface area contributed by atoms with Crippen LogP contribution in [0.2, 0.25) is 0 Å². The van der Waals surface area contributed by atoms with Crippen LogP contribution in [0.1, 0.15) is 79.3 Å². The summed E-state index contributed by atoms with van der Waals surface area (Å²) in [6.45, 7) is 11.3. The predicted octanol–water partition coefficient (Wildman–Crippen LogP) is 5.98. The van der Waals surface area contributed by atoms with Crippen molar-refractivity contribution in [1.29, 1.82) is 0 Å². The van der Waals surface area contributed by atoms with Crippen LogP contribution in [-0.2, 0) is 16.0 Å². The van der Waals surface area contributed by atoms with Gasteiger partial charge in [-0.3, -0.25) is 14.4 Å². The summed E-state index contributed by atoms with van der Waals surface area (Å²) < 4.78 is 11.5. The highest BCUT2D eigenvalue weighted by atomic mass is 16.5. The molecule has 1 amide bonds. The second-order valence-electron chi connectivity index (χ2n) is 10.6. The van der Waals surface area contributed by atoms with Gasteiger partial charge in [-0.1, -0.05) is 45.9 Å². The lowest BCUT2D eigenvalue weighted by Crippen LogP contribution is -2.29. The molecule has 2 aromatic carbocycles. The molecule has 0 fully saturated rings. The third kappa shape index (κ3) is 7.00. The van der Waals surface area contributed by atoms with Gasteiger partial charge in [-0.15, -0.1) is 0 Å². The van der Waals surface area contributed by atoms with Gasteiger partial charge in [0.25, 0.3) is 5.91 Å². The minimum Gasteiger partial charge on any atom is -0.486 e. The Morgan fingerprint density at radius 3 is 2.43 bits per heavy atom. The van der Waals surface area contributed by atoms with E-state index in [4.69, 9.17) is 14.3 Å². The van der Waals surface area contributed by atoms with E-state index in [1.165, 1.54) is 5.56 Å². The van der Waals surface area contributed by atoms with Gasteiger partial charge in [-0.05, 0) is 73.9 Å². The van der Waals surface area contributed by atoms with Gasteiger partial charge in [0.05, 0.1) is 0 Å². The summed E-state index contributed by atoms with van der Waals surface area (Å²) in [5.74, 6) is -0.332. The fourth-order valence-corrected chi connectivity index (χ4v) is 4.27. The van der Waals surface area contributed by atoms with Gasteiger partial charge < -0.3 is 19.6 Å². The second-order valence-corrected chi connectivity index (χ2v) is 10.6. The average molecular weight is 508 g/mol. The zero-order chi connectivity index (χ0) is 27.3. The zero-order valence-corrected chi connectivity index (χ0v) is 22.6. The van der Waals surface area contributed by atoms with Gasteiger partial charge in [0.15, 0.2) is 11.5 Å². The molecule has 0 aliphatic heterocycles. The number of hydrogen-bond donors (Lipinski definition) is 2. The number of fused-ring (bicyclic) bond motifs is 1. The van der Waals surface area contributed by atoms with Gasteiger partial charge in [0.2, 0.25) is 0 Å². The fourth-order valence-electron chi connectivity index (χ4n) is 4.27. The molecule has 37 heavy (non-hydrogen) atoms. The maximum atomic E-state index is 12.3. The minimum absolute atomic E-state index is 0.0692. The van der Waals surface area contributed by atoms with Crippen LogP contribution in [0.3, 0.4) is 0 Å². The Kier molecular flexibility index (Phi) is 8.79. The Labute approximate surface area is 218 Å². The van der Waals surface area contributed by atoms with Crippen LogP contribution >= 0.6 is 0 Å². The van der Waals surface area contributed by atoms with E-state index in [0.717, 1.165) is 41.5 Å². The van der Waals surface area contributed by atoms with Crippen molar-refractivity contribution in [3.8, 4) is 5.75 Å². The smallest absolute Gasteiger partial charge is 0.322 e. The monoisotopic (exact) mass is 507 g/mol. The van der Waals surface area contributed by atoms with Crippen molar-refractivity contribution in [2.24, 2.45) is 5.41 Å². The first-order valence-electron chi connectivity index (χ1n) is 12.7. The molecule has 3 aromatic rings. The molecule has 0 saturated carbocycles. The van der Waals surface area contributed by atoms with Crippen molar-refractivity contribution in [2.45, 2.75) is 66.7 Å². The SMILES string of the molecule is CCC(CCc1ccc2oc(C(=O)NCC(=O)O)c(C)c2c1)c1ccc(OCC(=O)C(C)(C)C)c(C)c1. The lowest BCUT2D eigenvalue weighted by atomic mass is 9.89. The van der Waals surface area contributed by atoms with Crippen molar-refractivity contribution in [3.63, 3.8) is 0 Å². The molecule has 0 spiro atoms. The third-order valence-electron chi connectivity index (χ3n) is 6.75. The van der Waals surface area contributed by atoms with Gasteiger partial charge in [0, 0.05) is 16.4 Å². The minimum atomic E-state index is -1.11. The molecule has 0 radical (unpaired) electrons. The third-order valence-corrected chi connectivity index (χ3v) is 6.75. The first-order valence-corrected chi connectivity index (χ1v) is 12.7. The van der Waals surface area contributed by atoms with E-state index in [0.29, 0.717) is 17.1 Å². The number of aryl methyl sites for hydroxylation is 3.